The van der Waals surface area contributed by atoms with E-state index in [0.717, 1.165) is 29.0 Å². The van der Waals surface area contributed by atoms with E-state index in [0.29, 0.717) is 6.54 Å². The van der Waals surface area contributed by atoms with E-state index in [1.165, 1.54) is 11.3 Å². The molecule has 15 heavy (non-hydrogen) atoms. The molecule has 82 valence electrons. The average Bonchev–Trinajstić information content (AvgIpc) is 2.49. The summed E-state index contributed by atoms with van der Waals surface area (Å²) >= 11 is 4.73. The molecule has 1 fully saturated rings. The molecule has 1 aliphatic carbocycles. The number of aliphatic carboxylic acids is 1. The van der Waals surface area contributed by atoms with Gasteiger partial charge in [-0.25, -0.2) is 4.98 Å². The van der Waals surface area contributed by atoms with Crippen LogP contribution in [0.5, 0.6) is 0 Å². The second-order valence-corrected chi connectivity index (χ2v) is 5.44. The predicted molar refractivity (Wildman–Crippen MR) is 62.2 cm³/mol. The highest BCUT2D eigenvalue weighted by Gasteiger charge is 2.44. The minimum atomic E-state index is -0.697. The van der Waals surface area contributed by atoms with Crippen molar-refractivity contribution in [3.63, 3.8) is 0 Å². The monoisotopic (exact) mass is 290 g/mol. The molecule has 0 saturated heterocycles. The van der Waals surface area contributed by atoms with E-state index in [1.54, 1.807) is 0 Å². The Morgan fingerprint density at radius 3 is 2.87 bits per heavy atom. The second-order valence-electron chi connectivity index (χ2n) is 3.77. The number of nitrogens with one attached hydrogen (secondary N) is 1. The van der Waals surface area contributed by atoms with E-state index in [1.807, 2.05) is 5.38 Å². The molecule has 2 rings (SSSR count). The Labute approximate surface area is 99.8 Å². The summed E-state index contributed by atoms with van der Waals surface area (Å²) in [5.74, 6) is -0.697. The van der Waals surface area contributed by atoms with E-state index >= 15 is 0 Å². The molecular formula is C9H11BrN2O2S. The van der Waals surface area contributed by atoms with Crippen molar-refractivity contribution in [2.24, 2.45) is 5.41 Å². The number of thiazole rings is 1. The average molecular weight is 291 g/mol. The zero-order valence-corrected chi connectivity index (χ0v) is 10.4. The van der Waals surface area contributed by atoms with Crippen LogP contribution in [0.3, 0.4) is 0 Å². The number of rotatable bonds is 4. The first kappa shape index (κ1) is 10.9. The number of carboxylic acids is 1. The zero-order chi connectivity index (χ0) is 10.9. The Morgan fingerprint density at radius 2 is 2.47 bits per heavy atom. The maximum absolute atomic E-state index is 11.1. The summed E-state index contributed by atoms with van der Waals surface area (Å²) in [5.41, 5.74) is -0.557. The number of hydrogen-bond acceptors (Lipinski definition) is 4. The molecule has 0 radical (unpaired) electrons. The van der Waals surface area contributed by atoms with Crippen molar-refractivity contribution in [3.05, 3.63) is 9.98 Å². The van der Waals surface area contributed by atoms with Crippen LogP contribution < -0.4 is 5.32 Å². The van der Waals surface area contributed by atoms with Crippen LogP contribution in [-0.4, -0.2) is 22.6 Å². The lowest BCUT2D eigenvalue weighted by Gasteiger charge is -2.37. The van der Waals surface area contributed by atoms with Gasteiger partial charge < -0.3 is 10.4 Å². The van der Waals surface area contributed by atoms with Crippen LogP contribution in [0.4, 0.5) is 5.13 Å². The van der Waals surface area contributed by atoms with Crippen molar-refractivity contribution in [2.45, 2.75) is 19.3 Å². The molecule has 0 amide bonds. The molecule has 0 unspecified atom stereocenters. The molecular weight excluding hydrogens is 280 g/mol. The number of aromatic nitrogens is 1. The first-order valence-electron chi connectivity index (χ1n) is 4.71. The third kappa shape index (κ3) is 2.15. The van der Waals surface area contributed by atoms with E-state index in [4.69, 9.17) is 5.11 Å². The molecule has 1 saturated carbocycles. The normalized spacial score (nSPS) is 18.2. The van der Waals surface area contributed by atoms with Gasteiger partial charge >= 0.3 is 5.97 Å². The van der Waals surface area contributed by atoms with Gasteiger partial charge in [0.2, 0.25) is 0 Å². The Hall–Kier alpha value is -0.620. The fourth-order valence-corrected chi connectivity index (χ4v) is 2.79. The largest absolute Gasteiger partial charge is 0.481 e. The van der Waals surface area contributed by atoms with Crippen molar-refractivity contribution in [3.8, 4) is 0 Å². The van der Waals surface area contributed by atoms with Crippen LogP contribution in [0.25, 0.3) is 0 Å². The van der Waals surface area contributed by atoms with Crippen LogP contribution in [-0.2, 0) is 4.79 Å². The summed E-state index contributed by atoms with van der Waals surface area (Å²) in [6.45, 7) is 0.474. The van der Waals surface area contributed by atoms with Crippen molar-refractivity contribution in [1.29, 1.82) is 0 Å². The molecule has 1 aromatic rings. The maximum atomic E-state index is 11.1. The summed E-state index contributed by atoms with van der Waals surface area (Å²) < 4.78 is 0.785. The van der Waals surface area contributed by atoms with Crippen molar-refractivity contribution in [1.82, 2.24) is 4.98 Å². The second kappa shape index (κ2) is 4.09. The van der Waals surface area contributed by atoms with Crippen molar-refractivity contribution < 1.29 is 9.90 Å². The van der Waals surface area contributed by atoms with Crippen molar-refractivity contribution >= 4 is 38.4 Å². The summed E-state index contributed by atoms with van der Waals surface area (Å²) in [6.07, 6.45) is 2.54. The highest BCUT2D eigenvalue weighted by atomic mass is 79.9. The lowest BCUT2D eigenvalue weighted by atomic mass is 9.69. The fraction of sp³-hybridized carbons (Fsp3) is 0.556. The minimum Gasteiger partial charge on any atom is -0.481 e. The van der Waals surface area contributed by atoms with Gasteiger partial charge in [0.05, 0.1) is 5.41 Å². The first-order valence-corrected chi connectivity index (χ1v) is 6.38. The van der Waals surface area contributed by atoms with Gasteiger partial charge in [0, 0.05) is 11.9 Å². The van der Waals surface area contributed by atoms with Gasteiger partial charge in [0.1, 0.15) is 4.60 Å². The lowest BCUT2D eigenvalue weighted by molar-refractivity contribution is -0.153. The number of carbonyl (C=O) groups is 1. The Morgan fingerprint density at radius 1 is 1.73 bits per heavy atom. The van der Waals surface area contributed by atoms with Gasteiger partial charge in [0.15, 0.2) is 5.13 Å². The molecule has 0 bridgehead atoms. The maximum Gasteiger partial charge on any atom is 0.311 e. The molecule has 0 atom stereocenters. The molecule has 1 aromatic heterocycles. The zero-order valence-electron chi connectivity index (χ0n) is 7.99. The van der Waals surface area contributed by atoms with Gasteiger partial charge in [-0.3, -0.25) is 4.79 Å². The topological polar surface area (TPSA) is 62.2 Å². The number of halogens is 1. The molecule has 4 nitrogen and oxygen atoms in total. The van der Waals surface area contributed by atoms with E-state index in [-0.39, 0.29) is 0 Å². The van der Waals surface area contributed by atoms with E-state index < -0.39 is 11.4 Å². The highest BCUT2D eigenvalue weighted by Crippen LogP contribution is 2.41. The third-order valence-corrected chi connectivity index (χ3v) is 4.33. The van der Waals surface area contributed by atoms with Gasteiger partial charge in [-0.1, -0.05) is 6.42 Å². The summed E-state index contributed by atoms with van der Waals surface area (Å²) in [6, 6.07) is 0. The van der Waals surface area contributed by atoms with E-state index in [2.05, 4.69) is 26.2 Å². The SMILES string of the molecule is O=C(O)C1(CNc2nc(Br)cs2)CCC1. The van der Waals surface area contributed by atoms with Gasteiger partial charge in [-0.15, -0.1) is 11.3 Å². The quantitative estimate of drug-likeness (QED) is 0.895. The number of carboxylic acid groups (broad SMARTS) is 1. The molecule has 1 heterocycles. The summed E-state index contributed by atoms with van der Waals surface area (Å²) in [5, 5.41) is 14.8. The van der Waals surface area contributed by atoms with Gasteiger partial charge in [-0.05, 0) is 28.8 Å². The predicted octanol–water partition coefficient (Wildman–Crippen LogP) is 2.57. The van der Waals surface area contributed by atoms with Crippen LogP contribution in [0.2, 0.25) is 0 Å². The minimum absolute atomic E-state index is 0.474. The Balaban J connectivity index is 1.95. The standard InChI is InChI=1S/C9H11BrN2O2S/c10-6-4-15-8(12-6)11-5-9(7(13)14)2-1-3-9/h4H,1-3,5H2,(H,11,12)(H,13,14). The third-order valence-electron chi connectivity index (χ3n) is 2.82. The molecule has 6 heteroatoms. The molecule has 1 aliphatic rings. The molecule has 0 aliphatic heterocycles. The van der Waals surface area contributed by atoms with Crippen LogP contribution >= 0.6 is 27.3 Å². The summed E-state index contributed by atoms with van der Waals surface area (Å²) in [7, 11) is 0. The van der Waals surface area contributed by atoms with Gasteiger partial charge in [-0.2, -0.15) is 0 Å². The number of hydrogen-bond donors (Lipinski definition) is 2. The lowest BCUT2D eigenvalue weighted by Crippen LogP contribution is -2.43. The van der Waals surface area contributed by atoms with Crippen LogP contribution in [0, 0.1) is 5.41 Å². The first-order chi connectivity index (χ1) is 7.12. The molecule has 0 aromatic carbocycles. The number of nitrogens with zero attached hydrogens (tertiary/aromatic N) is 1. The van der Waals surface area contributed by atoms with Crippen LogP contribution in [0.15, 0.2) is 9.98 Å². The fourth-order valence-electron chi connectivity index (χ4n) is 1.65. The summed E-state index contributed by atoms with van der Waals surface area (Å²) in [4.78, 5) is 15.2. The van der Waals surface area contributed by atoms with Crippen molar-refractivity contribution in [2.75, 3.05) is 11.9 Å². The smallest absolute Gasteiger partial charge is 0.311 e. The highest BCUT2D eigenvalue weighted by molar-refractivity contribution is 9.10. The Kier molecular flexibility index (Phi) is 2.97. The van der Waals surface area contributed by atoms with E-state index in [9.17, 15) is 4.79 Å². The molecule has 2 N–H and O–H groups in total. The Bertz CT molecular complexity index is 376. The molecule has 0 spiro atoms. The van der Waals surface area contributed by atoms with Gasteiger partial charge in [0.25, 0.3) is 0 Å². The number of anilines is 1. The van der Waals surface area contributed by atoms with Crippen LogP contribution in [0.1, 0.15) is 19.3 Å².